The van der Waals surface area contributed by atoms with E-state index in [4.69, 9.17) is 5.26 Å². The molecule has 0 aliphatic heterocycles. The lowest BCUT2D eigenvalue weighted by Gasteiger charge is -2.14. The van der Waals surface area contributed by atoms with Crippen LogP contribution in [-0.2, 0) is 11.0 Å². The lowest BCUT2D eigenvalue weighted by molar-refractivity contribution is -0.139. The molecule has 1 aromatic carbocycles. The molecule has 0 aromatic heterocycles. The number of halogens is 5. The van der Waals surface area contributed by atoms with Crippen LogP contribution in [-0.4, -0.2) is 5.91 Å². The van der Waals surface area contributed by atoms with E-state index >= 15 is 0 Å². The highest BCUT2D eigenvalue weighted by atomic mass is 79.9. The molecule has 96 valence electrons. The molecule has 0 heterocycles. The average molecular weight is 325 g/mol. The van der Waals surface area contributed by atoms with E-state index in [1.54, 1.807) is 0 Å². The summed E-state index contributed by atoms with van der Waals surface area (Å²) >= 11 is 2.63. The minimum Gasteiger partial charge on any atom is -0.325 e. The number of hydrogen-bond donors (Lipinski definition) is 1. The van der Waals surface area contributed by atoms with Crippen LogP contribution in [0, 0.1) is 17.1 Å². The molecule has 0 fully saturated rings. The summed E-state index contributed by atoms with van der Waals surface area (Å²) in [6.45, 7) is 0. The van der Waals surface area contributed by atoms with Crippen molar-refractivity contribution >= 4 is 27.5 Å². The number of nitrogens with zero attached hydrogens (tertiary/aromatic N) is 1. The number of anilines is 1. The van der Waals surface area contributed by atoms with Gasteiger partial charge in [0.25, 0.3) is 0 Å². The fourth-order valence-electron chi connectivity index (χ4n) is 1.20. The first kappa shape index (κ1) is 14.4. The van der Waals surface area contributed by atoms with E-state index in [1.165, 1.54) is 6.07 Å². The summed E-state index contributed by atoms with van der Waals surface area (Å²) in [5.74, 6) is -2.46. The predicted molar refractivity (Wildman–Crippen MR) is 58.0 cm³/mol. The molecular formula is C10H5BrF4N2O. The number of rotatable bonds is 2. The number of nitrogens with one attached hydrogen (secondary N) is 1. The van der Waals surface area contributed by atoms with Gasteiger partial charge in [-0.2, -0.15) is 18.4 Å². The van der Waals surface area contributed by atoms with Crippen molar-refractivity contribution < 1.29 is 22.4 Å². The van der Waals surface area contributed by atoms with E-state index in [1.807, 2.05) is 5.32 Å². The van der Waals surface area contributed by atoms with Crippen LogP contribution in [0.5, 0.6) is 0 Å². The molecule has 1 rings (SSSR count). The SMILES string of the molecule is N#CCC(=O)Nc1ccc(Br)c(F)c1C(F)(F)F. The van der Waals surface area contributed by atoms with Gasteiger partial charge in [-0.05, 0) is 28.1 Å². The normalized spacial score (nSPS) is 10.9. The van der Waals surface area contributed by atoms with Crippen molar-refractivity contribution in [2.24, 2.45) is 0 Å². The van der Waals surface area contributed by atoms with Crippen molar-refractivity contribution in [3.8, 4) is 6.07 Å². The van der Waals surface area contributed by atoms with E-state index in [0.29, 0.717) is 0 Å². The van der Waals surface area contributed by atoms with Gasteiger partial charge >= 0.3 is 6.18 Å². The summed E-state index contributed by atoms with van der Waals surface area (Å²) in [6.07, 6.45) is -5.57. The predicted octanol–water partition coefficient (Wildman–Crippen LogP) is 3.46. The van der Waals surface area contributed by atoms with E-state index in [9.17, 15) is 22.4 Å². The van der Waals surface area contributed by atoms with Crippen molar-refractivity contribution in [2.75, 3.05) is 5.32 Å². The fraction of sp³-hybridized carbons (Fsp3) is 0.200. The third-order valence-electron chi connectivity index (χ3n) is 1.89. The molecule has 0 saturated carbocycles. The van der Waals surface area contributed by atoms with Crippen molar-refractivity contribution in [2.45, 2.75) is 12.6 Å². The van der Waals surface area contributed by atoms with Gasteiger partial charge in [-0.15, -0.1) is 0 Å². The summed E-state index contributed by atoms with van der Waals surface area (Å²) < 4.78 is 51.0. The van der Waals surface area contributed by atoms with Crippen LogP contribution in [0.4, 0.5) is 23.2 Å². The van der Waals surface area contributed by atoms with E-state index < -0.39 is 35.6 Å². The zero-order chi connectivity index (χ0) is 13.9. The van der Waals surface area contributed by atoms with Gasteiger partial charge in [-0.25, -0.2) is 4.39 Å². The van der Waals surface area contributed by atoms with Crippen LogP contribution in [0.15, 0.2) is 16.6 Å². The lowest BCUT2D eigenvalue weighted by atomic mass is 10.1. The first-order chi connectivity index (χ1) is 8.27. The smallest absolute Gasteiger partial charge is 0.325 e. The molecule has 18 heavy (non-hydrogen) atoms. The minimum atomic E-state index is -4.96. The molecule has 0 aliphatic rings. The number of hydrogen-bond acceptors (Lipinski definition) is 2. The van der Waals surface area contributed by atoms with Gasteiger partial charge in [0.2, 0.25) is 5.91 Å². The highest BCUT2D eigenvalue weighted by Crippen LogP contribution is 2.39. The quantitative estimate of drug-likeness (QED) is 0.847. The minimum absolute atomic E-state index is 0.367. The molecule has 0 atom stereocenters. The van der Waals surface area contributed by atoms with Gasteiger partial charge in [0, 0.05) is 0 Å². The largest absolute Gasteiger partial charge is 0.421 e. The molecule has 0 radical (unpaired) electrons. The Bertz CT molecular complexity index is 522. The van der Waals surface area contributed by atoms with E-state index in [2.05, 4.69) is 15.9 Å². The Balaban J connectivity index is 3.25. The molecule has 1 N–H and O–H groups in total. The maximum atomic E-state index is 13.4. The highest BCUT2D eigenvalue weighted by Gasteiger charge is 2.38. The van der Waals surface area contributed by atoms with Gasteiger partial charge in [0.15, 0.2) is 5.82 Å². The molecule has 1 amide bonds. The van der Waals surface area contributed by atoms with Gasteiger partial charge < -0.3 is 5.32 Å². The average Bonchev–Trinajstić information content (AvgIpc) is 2.22. The standard InChI is InChI=1S/C10H5BrF4N2O/c11-5-1-2-6(17-7(18)3-4-16)8(9(5)12)10(13,14)15/h1-2H,3H2,(H,17,18). The van der Waals surface area contributed by atoms with Gasteiger partial charge in [-0.1, -0.05) is 0 Å². The highest BCUT2D eigenvalue weighted by molar-refractivity contribution is 9.10. The number of carbonyl (C=O) groups is 1. The summed E-state index contributed by atoms with van der Waals surface area (Å²) in [6, 6.07) is 3.42. The lowest BCUT2D eigenvalue weighted by Crippen LogP contribution is -2.17. The number of alkyl halides is 3. The maximum Gasteiger partial charge on any atom is 0.421 e. The molecule has 0 bridgehead atoms. The maximum absolute atomic E-state index is 13.4. The van der Waals surface area contributed by atoms with Crippen LogP contribution in [0.3, 0.4) is 0 Å². The van der Waals surface area contributed by atoms with Crippen molar-refractivity contribution in [3.63, 3.8) is 0 Å². The molecule has 0 saturated heterocycles. The number of amides is 1. The Labute approximate surface area is 108 Å². The zero-order valence-corrected chi connectivity index (χ0v) is 10.2. The van der Waals surface area contributed by atoms with Gasteiger partial charge in [-0.3, -0.25) is 4.79 Å². The van der Waals surface area contributed by atoms with Gasteiger partial charge in [0.05, 0.1) is 16.2 Å². The van der Waals surface area contributed by atoms with Crippen LogP contribution < -0.4 is 5.32 Å². The second kappa shape index (κ2) is 5.35. The number of benzene rings is 1. The Morgan fingerprint density at radius 3 is 2.56 bits per heavy atom. The zero-order valence-electron chi connectivity index (χ0n) is 8.61. The van der Waals surface area contributed by atoms with Gasteiger partial charge in [0.1, 0.15) is 12.0 Å². The number of nitriles is 1. The Hall–Kier alpha value is -1.62. The summed E-state index contributed by atoms with van der Waals surface area (Å²) in [5, 5.41) is 10.1. The molecule has 0 aliphatic carbocycles. The molecule has 8 heteroatoms. The summed E-state index contributed by atoms with van der Waals surface area (Å²) in [4.78, 5) is 11.1. The monoisotopic (exact) mass is 324 g/mol. The molecular weight excluding hydrogens is 320 g/mol. The van der Waals surface area contributed by atoms with Crippen molar-refractivity contribution in [1.29, 1.82) is 5.26 Å². The van der Waals surface area contributed by atoms with E-state index in [0.717, 1.165) is 12.1 Å². The first-order valence-electron chi connectivity index (χ1n) is 4.49. The van der Waals surface area contributed by atoms with Crippen LogP contribution in [0.1, 0.15) is 12.0 Å². The third-order valence-corrected chi connectivity index (χ3v) is 2.50. The molecule has 0 unspecified atom stereocenters. The Morgan fingerprint density at radius 2 is 2.06 bits per heavy atom. The summed E-state index contributed by atoms with van der Waals surface area (Å²) in [5.41, 5.74) is -2.30. The molecule has 1 aromatic rings. The van der Waals surface area contributed by atoms with Crippen molar-refractivity contribution in [1.82, 2.24) is 0 Å². The first-order valence-corrected chi connectivity index (χ1v) is 5.28. The third kappa shape index (κ3) is 3.20. The second-order valence-corrected chi connectivity index (χ2v) is 4.02. The van der Waals surface area contributed by atoms with Crippen LogP contribution >= 0.6 is 15.9 Å². The topological polar surface area (TPSA) is 52.9 Å². The van der Waals surface area contributed by atoms with Crippen LogP contribution in [0.25, 0.3) is 0 Å². The van der Waals surface area contributed by atoms with Crippen LogP contribution in [0.2, 0.25) is 0 Å². The fourth-order valence-corrected chi connectivity index (χ4v) is 1.53. The molecule has 0 spiro atoms. The Kier molecular flexibility index (Phi) is 4.29. The van der Waals surface area contributed by atoms with Crippen molar-refractivity contribution in [3.05, 3.63) is 28.0 Å². The molecule has 3 nitrogen and oxygen atoms in total. The number of carbonyl (C=O) groups excluding carboxylic acids is 1. The Morgan fingerprint density at radius 1 is 1.44 bits per heavy atom. The second-order valence-electron chi connectivity index (χ2n) is 3.16. The summed E-state index contributed by atoms with van der Waals surface area (Å²) in [7, 11) is 0. The van der Waals surface area contributed by atoms with E-state index in [-0.39, 0.29) is 4.47 Å².